The second kappa shape index (κ2) is 8.52. The lowest BCUT2D eigenvalue weighted by molar-refractivity contribution is 0.0926. The molecule has 0 fully saturated rings. The number of hydrogen-bond donors (Lipinski definition) is 1. The van der Waals surface area contributed by atoms with Crippen LogP contribution in [0.3, 0.4) is 0 Å². The maximum Gasteiger partial charge on any atom is 0.273 e. The van der Waals surface area contributed by atoms with Gasteiger partial charge in [0.25, 0.3) is 5.91 Å². The van der Waals surface area contributed by atoms with Gasteiger partial charge < -0.3 is 14.6 Å². The molecule has 26 heavy (non-hydrogen) atoms. The number of nitrogens with one attached hydrogen (secondary N) is 1. The first-order chi connectivity index (χ1) is 12.7. The molecule has 8 nitrogen and oxygen atoms in total. The number of carbonyl (C=O) groups is 1. The van der Waals surface area contributed by atoms with Crippen molar-refractivity contribution in [2.45, 2.75) is 31.0 Å². The number of nitrogens with zero attached hydrogens (tertiary/aromatic N) is 4. The summed E-state index contributed by atoms with van der Waals surface area (Å²) < 4.78 is 12.6. The topological polar surface area (TPSA) is 95.1 Å². The fraction of sp³-hybridized carbons (Fsp3) is 0.294. The maximum atomic E-state index is 12.2. The summed E-state index contributed by atoms with van der Waals surface area (Å²) in [5, 5.41) is 10.7. The van der Waals surface area contributed by atoms with Gasteiger partial charge in [-0.3, -0.25) is 9.48 Å². The van der Waals surface area contributed by atoms with Gasteiger partial charge in [-0.2, -0.15) is 5.10 Å². The number of amides is 1. The summed E-state index contributed by atoms with van der Waals surface area (Å²) >= 11 is 1.60. The SMILES string of the molecule is CSc1ccccc1OCc1cc(C(=O)N[C@@H](C)Cn2cncn2)no1. The minimum absolute atomic E-state index is 0.131. The normalized spacial score (nSPS) is 11.9. The summed E-state index contributed by atoms with van der Waals surface area (Å²) in [6, 6.07) is 9.19. The molecule has 1 amide bonds. The minimum atomic E-state index is -0.308. The van der Waals surface area contributed by atoms with E-state index in [9.17, 15) is 4.79 Å². The smallest absolute Gasteiger partial charge is 0.273 e. The van der Waals surface area contributed by atoms with E-state index in [-0.39, 0.29) is 24.2 Å². The van der Waals surface area contributed by atoms with Crippen molar-refractivity contribution in [3.05, 3.63) is 54.4 Å². The average molecular weight is 373 g/mol. The van der Waals surface area contributed by atoms with Gasteiger partial charge in [0.2, 0.25) is 0 Å². The molecule has 0 spiro atoms. The van der Waals surface area contributed by atoms with Crippen LogP contribution in [0.15, 0.2) is 52.4 Å². The zero-order chi connectivity index (χ0) is 18.4. The lowest BCUT2D eigenvalue weighted by Gasteiger charge is -2.12. The van der Waals surface area contributed by atoms with E-state index in [1.165, 1.54) is 6.33 Å². The molecule has 2 heterocycles. The van der Waals surface area contributed by atoms with Crippen LogP contribution in [0.1, 0.15) is 23.2 Å². The third-order valence-corrected chi connectivity index (χ3v) is 4.31. The number of rotatable bonds is 8. The Hall–Kier alpha value is -2.81. The number of benzene rings is 1. The van der Waals surface area contributed by atoms with E-state index in [0.29, 0.717) is 12.3 Å². The van der Waals surface area contributed by atoms with Gasteiger partial charge in [-0.15, -0.1) is 11.8 Å². The van der Waals surface area contributed by atoms with Gasteiger partial charge in [0.15, 0.2) is 11.5 Å². The molecule has 136 valence electrons. The Bertz CT molecular complexity index is 850. The summed E-state index contributed by atoms with van der Waals surface area (Å²) in [4.78, 5) is 17.2. The Balaban J connectivity index is 1.54. The number of carbonyl (C=O) groups excluding carboxylic acids is 1. The Morgan fingerprint density at radius 3 is 3.04 bits per heavy atom. The Morgan fingerprint density at radius 2 is 2.27 bits per heavy atom. The van der Waals surface area contributed by atoms with Gasteiger partial charge >= 0.3 is 0 Å². The molecule has 0 radical (unpaired) electrons. The molecule has 0 aliphatic heterocycles. The number of para-hydroxylation sites is 1. The van der Waals surface area contributed by atoms with Crippen molar-refractivity contribution in [1.82, 2.24) is 25.2 Å². The highest BCUT2D eigenvalue weighted by atomic mass is 32.2. The van der Waals surface area contributed by atoms with Gasteiger partial charge in [-0.05, 0) is 25.3 Å². The first kappa shape index (κ1) is 18.0. The zero-order valence-electron chi connectivity index (χ0n) is 14.5. The highest BCUT2D eigenvalue weighted by molar-refractivity contribution is 7.98. The molecule has 1 N–H and O–H groups in total. The number of thioether (sulfide) groups is 1. The van der Waals surface area contributed by atoms with Gasteiger partial charge in [-0.1, -0.05) is 17.3 Å². The molecule has 3 aromatic rings. The average Bonchev–Trinajstić information content (AvgIpc) is 3.32. The van der Waals surface area contributed by atoms with Crippen LogP contribution in [0.4, 0.5) is 0 Å². The van der Waals surface area contributed by atoms with E-state index in [0.717, 1.165) is 10.6 Å². The van der Waals surface area contributed by atoms with Crippen molar-refractivity contribution in [3.63, 3.8) is 0 Å². The molecule has 2 aromatic heterocycles. The second-order valence-corrected chi connectivity index (χ2v) is 6.46. The standard InChI is InChI=1S/C17H19N5O3S/c1-12(8-22-11-18-10-19-22)20-17(23)14-7-13(25-21-14)9-24-15-5-3-4-6-16(15)26-2/h3-7,10-12H,8-9H2,1-2H3,(H,20,23)/t12-/m0/s1. The second-order valence-electron chi connectivity index (χ2n) is 5.61. The van der Waals surface area contributed by atoms with E-state index in [1.807, 2.05) is 37.4 Å². The van der Waals surface area contributed by atoms with E-state index in [4.69, 9.17) is 9.26 Å². The molecule has 0 unspecified atom stereocenters. The molecular weight excluding hydrogens is 354 g/mol. The summed E-state index contributed by atoms with van der Waals surface area (Å²) in [7, 11) is 0. The first-order valence-corrected chi connectivity index (χ1v) is 9.23. The van der Waals surface area contributed by atoms with Crippen molar-refractivity contribution in [2.75, 3.05) is 6.26 Å². The molecule has 3 rings (SSSR count). The van der Waals surface area contributed by atoms with Gasteiger partial charge in [0.1, 0.15) is 25.0 Å². The highest BCUT2D eigenvalue weighted by Crippen LogP contribution is 2.27. The van der Waals surface area contributed by atoms with Gasteiger partial charge in [0.05, 0.1) is 6.54 Å². The Kier molecular flexibility index (Phi) is 5.90. The van der Waals surface area contributed by atoms with Gasteiger partial charge in [0, 0.05) is 17.0 Å². The van der Waals surface area contributed by atoms with Crippen molar-refractivity contribution in [2.24, 2.45) is 0 Å². The van der Waals surface area contributed by atoms with E-state index < -0.39 is 0 Å². The summed E-state index contributed by atoms with van der Waals surface area (Å²) in [5.74, 6) is 0.941. The minimum Gasteiger partial charge on any atom is -0.484 e. The first-order valence-electron chi connectivity index (χ1n) is 8.00. The van der Waals surface area contributed by atoms with Crippen molar-refractivity contribution >= 4 is 17.7 Å². The number of hydrogen-bond acceptors (Lipinski definition) is 7. The van der Waals surface area contributed by atoms with Crippen LogP contribution in [0.2, 0.25) is 0 Å². The van der Waals surface area contributed by atoms with Crippen LogP contribution < -0.4 is 10.1 Å². The lowest BCUT2D eigenvalue weighted by atomic mass is 10.3. The fourth-order valence-corrected chi connectivity index (χ4v) is 2.87. The van der Waals surface area contributed by atoms with Crippen LogP contribution in [0.25, 0.3) is 0 Å². The molecule has 1 atom stereocenters. The largest absolute Gasteiger partial charge is 0.484 e. The summed E-state index contributed by atoms with van der Waals surface area (Å²) in [6.45, 7) is 2.60. The molecule has 0 saturated carbocycles. The highest BCUT2D eigenvalue weighted by Gasteiger charge is 2.16. The predicted molar refractivity (Wildman–Crippen MR) is 96.0 cm³/mol. The van der Waals surface area contributed by atoms with Crippen LogP contribution in [-0.4, -0.2) is 38.1 Å². The molecule has 0 bridgehead atoms. The van der Waals surface area contributed by atoms with Crippen molar-refractivity contribution in [1.29, 1.82) is 0 Å². The Morgan fingerprint density at radius 1 is 1.42 bits per heavy atom. The van der Waals surface area contributed by atoms with Crippen LogP contribution in [0, 0.1) is 0 Å². The monoisotopic (exact) mass is 373 g/mol. The lowest BCUT2D eigenvalue weighted by Crippen LogP contribution is -2.36. The third kappa shape index (κ3) is 4.63. The summed E-state index contributed by atoms with van der Waals surface area (Å²) in [6.07, 6.45) is 5.04. The van der Waals surface area contributed by atoms with E-state index in [2.05, 4.69) is 20.6 Å². The molecule has 0 saturated heterocycles. The summed E-state index contributed by atoms with van der Waals surface area (Å²) in [5.41, 5.74) is 0.215. The van der Waals surface area contributed by atoms with E-state index in [1.54, 1.807) is 28.8 Å². The van der Waals surface area contributed by atoms with Crippen LogP contribution in [0.5, 0.6) is 5.75 Å². The number of ether oxygens (including phenoxy) is 1. The van der Waals surface area contributed by atoms with Crippen molar-refractivity contribution < 1.29 is 14.1 Å². The third-order valence-electron chi connectivity index (χ3n) is 3.54. The maximum absolute atomic E-state index is 12.2. The predicted octanol–water partition coefficient (Wildman–Crippen LogP) is 2.39. The zero-order valence-corrected chi connectivity index (χ0v) is 15.3. The quantitative estimate of drug-likeness (QED) is 0.606. The fourth-order valence-electron chi connectivity index (χ4n) is 2.33. The van der Waals surface area contributed by atoms with Gasteiger partial charge in [-0.25, -0.2) is 4.98 Å². The van der Waals surface area contributed by atoms with Crippen LogP contribution in [-0.2, 0) is 13.2 Å². The van der Waals surface area contributed by atoms with Crippen LogP contribution >= 0.6 is 11.8 Å². The Labute approximate surface area is 154 Å². The number of aromatic nitrogens is 4. The molecule has 1 aromatic carbocycles. The van der Waals surface area contributed by atoms with E-state index >= 15 is 0 Å². The molecule has 0 aliphatic carbocycles. The van der Waals surface area contributed by atoms with Crippen molar-refractivity contribution in [3.8, 4) is 5.75 Å². The molecular formula is C17H19N5O3S. The molecule has 9 heteroatoms. The molecule has 0 aliphatic rings.